The minimum atomic E-state index is -0.824. The second-order valence-corrected chi connectivity index (χ2v) is 4.66. The van der Waals surface area contributed by atoms with Crippen LogP contribution in [0.3, 0.4) is 0 Å². The van der Waals surface area contributed by atoms with Crippen molar-refractivity contribution in [3.63, 3.8) is 0 Å². The monoisotopic (exact) mass is 301 g/mol. The van der Waals surface area contributed by atoms with Crippen LogP contribution >= 0.6 is 0 Å². The molecule has 0 radical (unpaired) electrons. The van der Waals surface area contributed by atoms with Gasteiger partial charge in [-0.15, -0.1) is 0 Å². The number of amides is 1. The molecule has 0 aliphatic rings. The summed E-state index contributed by atoms with van der Waals surface area (Å²) >= 11 is 0. The SMILES string of the molecule is CC(=O)Nc1cccc(CNc2c(F)cc(C#N)cc2F)c1. The fourth-order valence-electron chi connectivity index (χ4n) is 1.96. The van der Waals surface area contributed by atoms with Crippen LogP contribution in [-0.4, -0.2) is 5.91 Å². The predicted molar refractivity (Wildman–Crippen MR) is 79.1 cm³/mol. The summed E-state index contributed by atoms with van der Waals surface area (Å²) in [5.41, 5.74) is 0.985. The molecule has 2 aromatic rings. The molecule has 0 saturated heterocycles. The molecule has 0 unspecified atom stereocenters. The highest BCUT2D eigenvalue weighted by molar-refractivity contribution is 5.88. The quantitative estimate of drug-likeness (QED) is 0.909. The lowest BCUT2D eigenvalue weighted by Crippen LogP contribution is -2.07. The molecule has 2 N–H and O–H groups in total. The molecule has 112 valence electrons. The van der Waals surface area contributed by atoms with Crippen molar-refractivity contribution in [3.05, 3.63) is 59.2 Å². The van der Waals surface area contributed by atoms with Gasteiger partial charge in [0.2, 0.25) is 5.91 Å². The Bertz CT molecular complexity index is 730. The van der Waals surface area contributed by atoms with Gasteiger partial charge >= 0.3 is 0 Å². The summed E-state index contributed by atoms with van der Waals surface area (Å²) in [4.78, 5) is 11.0. The first-order valence-corrected chi connectivity index (χ1v) is 6.49. The van der Waals surface area contributed by atoms with Gasteiger partial charge in [-0.3, -0.25) is 4.79 Å². The molecule has 0 spiro atoms. The third-order valence-corrected chi connectivity index (χ3v) is 2.89. The van der Waals surface area contributed by atoms with Crippen LogP contribution in [0, 0.1) is 23.0 Å². The zero-order chi connectivity index (χ0) is 16.1. The van der Waals surface area contributed by atoms with E-state index in [9.17, 15) is 13.6 Å². The summed E-state index contributed by atoms with van der Waals surface area (Å²) in [6.45, 7) is 1.57. The summed E-state index contributed by atoms with van der Waals surface area (Å²) in [6, 6.07) is 10.5. The zero-order valence-corrected chi connectivity index (χ0v) is 11.8. The van der Waals surface area contributed by atoms with Gasteiger partial charge in [0.15, 0.2) is 11.6 Å². The van der Waals surface area contributed by atoms with Gasteiger partial charge < -0.3 is 10.6 Å². The Balaban J connectivity index is 2.14. The maximum absolute atomic E-state index is 13.7. The number of carbonyl (C=O) groups is 1. The van der Waals surface area contributed by atoms with E-state index in [4.69, 9.17) is 5.26 Å². The Morgan fingerprint density at radius 3 is 2.50 bits per heavy atom. The van der Waals surface area contributed by atoms with Gasteiger partial charge in [-0.05, 0) is 29.8 Å². The smallest absolute Gasteiger partial charge is 0.221 e. The molecule has 0 aliphatic carbocycles. The largest absolute Gasteiger partial charge is 0.376 e. The lowest BCUT2D eigenvalue weighted by Gasteiger charge is -2.10. The van der Waals surface area contributed by atoms with Gasteiger partial charge in [0.05, 0.1) is 11.6 Å². The third kappa shape index (κ3) is 3.79. The molecule has 22 heavy (non-hydrogen) atoms. The van der Waals surface area contributed by atoms with Gasteiger partial charge in [0.25, 0.3) is 0 Å². The number of benzene rings is 2. The van der Waals surface area contributed by atoms with E-state index < -0.39 is 11.6 Å². The Labute approximate surface area is 126 Å². The van der Waals surface area contributed by atoms with Crippen LogP contribution in [0.5, 0.6) is 0 Å². The molecule has 1 amide bonds. The summed E-state index contributed by atoms with van der Waals surface area (Å²) < 4.78 is 27.5. The molecule has 0 bridgehead atoms. The van der Waals surface area contributed by atoms with Crippen molar-refractivity contribution in [2.45, 2.75) is 13.5 Å². The third-order valence-electron chi connectivity index (χ3n) is 2.89. The molecule has 2 aromatic carbocycles. The van der Waals surface area contributed by atoms with Gasteiger partial charge in [0.1, 0.15) is 5.69 Å². The Kier molecular flexibility index (Phi) is 4.69. The van der Waals surface area contributed by atoms with Crippen LogP contribution in [0.2, 0.25) is 0 Å². The molecule has 0 aromatic heterocycles. The number of rotatable bonds is 4. The van der Waals surface area contributed by atoms with Crippen LogP contribution in [0.25, 0.3) is 0 Å². The number of nitrogens with zero attached hydrogens (tertiary/aromatic N) is 1. The normalized spacial score (nSPS) is 9.91. The van der Waals surface area contributed by atoms with Gasteiger partial charge in [0, 0.05) is 19.2 Å². The summed E-state index contributed by atoms with van der Waals surface area (Å²) in [5.74, 6) is -1.85. The number of carbonyl (C=O) groups excluding carboxylic acids is 1. The van der Waals surface area contributed by atoms with E-state index in [1.54, 1.807) is 30.3 Å². The number of hydrogen-bond donors (Lipinski definition) is 2. The van der Waals surface area contributed by atoms with Gasteiger partial charge in [-0.25, -0.2) is 8.78 Å². The van der Waals surface area contributed by atoms with Gasteiger partial charge in [-0.2, -0.15) is 5.26 Å². The second kappa shape index (κ2) is 6.68. The predicted octanol–water partition coefficient (Wildman–Crippen LogP) is 3.41. The Morgan fingerprint density at radius 1 is 1.23 bits per heavy atom. The van der Waals surface area contributed by atoms with Crippen LogP contribution in [0.1, 0.15) is 18.1 Å². The van der Waals surface area contributed by atoms with E-state index in [0.717, 1.165) is 17.7 Å². The lowest BCUT2D eigenvalue weighted by molar-refractivity contribution is -0.114. The van der Waals surface area contributed by atoms with E-state index in [0.29, 0.717) is 5.69 Å². The lowest BCUT2D eigenvalue weighted by atomic mass is 10.1. The molecule has 0 atom stereocenters. The molecule has 4 nitrogen and oxygen atoms in total. The molecule has 0 heterocycles. The molecule has 0 fully saturated rings. The van der Waals surface area contributed by atoms with Crippen molar-refractivity contribution in [1.29, 1.82) is 5.26 Å². The van der Waals surface area contributed by atoms with E-state index in [2.05, 4.69) is 10.6 Å². The van der Waals surface area contributed by atoms with Crippen molar-refractivity contribution in [2.75, 3.05) is 10.6 Å². The van der Waals surface area contributed by atoms with E-state index >= 15 is 0 Å². The average Bonchev–Trinajstić information content (AvgIpc) is 2.45. The topological polar surface area (TPSA) is 64.9 Å². The number of nitrogens with one attached hydrogen (secondary N) is 2. The summed E-state index contributed by atoms with van der Waals surface area (Å²) in [6.07, 6.45) is 0. The number of nitriles is 1. The molecule has 2 rings (SSSR count). The minimum Gasteiger partial charge on any atom is -0.376 e. The first-order valence-electron chi connectivity index (χ1n) is 6.49. The minimum absolute atomic E-state index is 0.0757. The van der Waals surface area contributed by atoms with E-state index in [-0.39, 0.29) is 23.7 Å². The first-order chi connectivity index (χ1) is 10.5. The fourth-order valence-corrected chi connectivity index (χ4v) is 1.96. The van der Waals surface area contributed by atoms with Crippen LogP contribution in [0.15, 0.2) is 36.4 Å². The molecule has 0 saturated carbocycles. The number of hydrogen-bond acceptors (Lipinski definition) is 3. The fraction of sp³-hybridized carbons (Fsp3) is 0.125. The van der Waals surface area contributed by atoms with Crippen LogP contribution < -0.4 is 10.6 Å². The standard InChI is InChI=1S/C16H13F2N3O/c1-10(22)21-13-4-2-3-11(5-13)9-20-16-14(17)6-12(8-19)7-15(16)18/h2-7,20H,9H2,1H3,(H,21,22). The van der Waals surface area contributed by atoms with Crippen molar-refractivity contribution in [1.82, 2.24) is 0 Å². The van der Waals surface area contributed by atoms with Gasteiger partial charge in [-0.1, -0.05) is 12.1 Å². The molecule has 6 heteroatoms. The highest BCUT2D eigenvalue weighted by Crippen LogP contribution is 2.21. The van der Waals surface area contributed by atoms with Crippen molar-refractivity contribution < 1.29 is 13.6 Å². The maximum Gasteiger partial charge on any atom is 0.221 e. The second-order valence-electron chi connectivity index (χ2n) is 4.66. The van der Waals surface area contributed by atoms with E-state index in [1.165, 1.54) is 6.92 Å². The summed E-state index contributed by atoms with van der Waals surface area (Å²) in [5, 5.41) is 13.9. The van der Waals surface area contributed by atoms with E-state index in [1.807, 2.05) is 0 Å². The molecular weight excluding hydrogens is 288 g/mol. The summed E-state index contributed by atoms with van der Waals surface area (Å²) in [7, 11) is 0. The van der Waals surface area contributed by atoms with Crippen LogP contribution in [0.4, 0.5) is 20.2 Å². The first kappa shape index (κ1) is 15.4. The molecular formula is C16H13F2N3O. The Hall–Kier alpha value is -2.94. The molecule has 0 aliphatic heterocycles. The van der Waals surface area contributed by atoms with Crippen molar-refractivity contribution >= 4 is 17.3 Å². The van der Waals surface area contributed by atoms with Crippen molar-refractivity contribution in [3.8, 4) is 6.07 Å². The van der Waals surface area contributed by atoms with Crippen molar-refractivity contribution in [2.24, 2.45) is 0 Å². The maximum atomic E-state index is 13.7. The van der Waals surface area contributed by atoms with Crippen LogP contribution in [-0.2, 0) is 11.3 Å². The number of anilines is 2. The number of halogens is 2. The highest BCUT2D eigenvalue weighted by atomic mass is 19.1. The average molecular weight is 301 g/mol. The highest BCUT2D eigenvalue weighted by Gasteiger charge is 2.11. The zero-order valence-electron chi connectivity index (χ0n) is 11.8. The Morgan fingerprint density at radius 2 is 1.91 bits per heavy atom.